The molecule has 0 aliphatic carbocycles. The van der Waals surface area contributed by atoms with Crippen LogP contribution in [0.15, 0.2) is 48.5 Å². The van der Waals surface area contributed by atoms with E-state index in [-0.39, 0.29) is 36.4 Å². The van der Waals surface area contributed by atoms with E-state index in [4.69, 9.17) is 27.9 Å². The first-order valence-corrected chi connectivity index (χ1v) is 12.9. The lowest BCUT2D eigenvalue weighted by atomic mass is 9.66. The number of aliphatic carboxylic acids is 1. The summed E-state index contributed by atoms with van der Waals surface area (Å²) in [5.74, 6) is -1.30. The highest BCUT2D eigenvalue weighted by Gasteiger charge is 2.53. The molecule has 0 spiro atoms. The van der Waals surface area contributed by atoms with Gasteiger partial charge in [-0.15, -0.1) is 0 Å². The van der Waals surface area contributed by atoms with Gasteiger partial charge in [0.1, 0.15) is 0 Å². The molecule has 2 N–H and O–H groups in total. The van der Waals surface area contributed by atoms with Crippen molar-refractivity contribution in [2.75, 3.05) is 19.7 Å². The van der Waals surface area contributed by atoms with Gasteiger partial charge in [0, 0.05) is 29.1 Å². The fraction of sp³-hybridized carbons (Fsp3) is 0.481. The Morgan fingerprint density at radius 1 is 1.20 bits per heavy atom. The van der Waals surface area contributed by atoms with Crippen LogP contribution in [0, 0.1) is 5.41 Å². The van der Waals surface area contributed by atoms with E-state index in [2.05, 4.69) is 5.32 Å². The third-order valence-electron chi connectivity index (χ3n) is 7.29. The molecule has 8 heteroatoms. The molecule has 1 amide bonds. The van der Waals surface area contributed by atoms with Crippen molar-refractivity contribution >= 4 is 35.1 Å². The van der Waals surface area contributed by atoms with E-state index >= 15 is 0 Å². The molecule has 2 fully saturated rings. The Hall–Kier alpha value is -2.12. The molecule has 2 heterocycles. The lowest BCUT2D eigenvalue weighted by molar-refractivity contribution is -0.165. The van der Waals surface area contributed by atoms with Crippen molar-refractivity contribution < 1.29 is 19.4 Å². The molecule has 2 aliphatic heterocycles. The van der Waals surface area contributed by atoms with Gasteiger partial charge in [-0.05, 0) is 48.2 Å². The van der Waals surface area contributed by atoms with Crippen LogP contribution in [0.3, 0.4) is 0 Å². The van der Waals surface area contributed by atoms with Crippen LogP contribution in [0.25, 0.3) is 0 Å². The second kappa shape index (κ2) is 10.9. The molecule has 4 rings (SSSR count). The number of rotatable bonds is 7. The minimum absolute atomic E-state index is 0.154. The second-order valence-electron chi connectivity index (χ2n) is 9.79. The molecule has 2 saturated heterocycles. The van der Waals surface area contributed by atoms with Crippen LogP contribution in [-0.2, 0) is 14.3 Å². The van der Waals surface area contributed by atoms with Gasteiger partial charge in [0.05, 0.1) is 36.6 Å². The highest BCUT2D eigenvalue weighted by molar-refractivity contribution is 6.30. The van der Waals surface area contributed by atoms with Crippen molar-refractivity contribution in [1.82, 2.24) is 10.2 Å². The molecule has 2 aromatic rings. The number of morpholine rings is 1. The molecule has 0 saturated carbocycles. The first kappa shape index (κ1) is 26.0. The predicted octanol–water partition coefficient (Wildman–Crippen LogP) is 5.30. The van der Waals surface area contributed by atoms with Gasteiger partial charge in [0.2, 0.25) is 5.91 Å². The Morgan fingerprint density at radius 3 is 2.54 bits per heavy atom. The van der Waals surface area contributed by atoms with Gasteiger partial charge in [-0.2, -0.15) is 0 Å². The van der Waals surface area contributed by atoms with Gasteiger partial charge in [0.15, 0.2) is 0 Å². The van der Waals surface area contributed by atoms with E-state index in [1.165, 1.54) is 0 Å². The molecular formula is C27H32Cl2N2O4. The number of ether oxygens (including phenoxy) is 1. The number of likely N-dealkylation sites (tertiary alicyclic amines) is 1. The standard InChI is InChI=1S/C27H32Cl2N2O4/c1-3-22(23-16-30-11-12-35-23)31-25(17-7-9-19(28)10-8-17)21(18-5-4-6-20(29)13-18)14-27(2,26(31)34)15-24(32)33/h4-10,13,21-23,25,30H,3,11-12,14-16H2,1-2H3,(H,32,33)/t21-,22+,23-,25-,27-/m1/s1. The van der Waals surface area contributed by atoms with Crippen LogP contribution in [-0.4, -0.2) is 53.7 Å². The average molecular weight is 519 g/mol. The van der Waals surface area contributed by atoms with Crippen LogP contribution in [0.2, 0.25) is 10.0 Å². The molecule has 5 atom stereocenters. The first-order valence-electron chi connectivity index (χ1n) is 12.1. The van der Waals surface area contributed by atoms with Crippen LogP contribution in [0.4, 0.5) is 0 Å². The molecule has 0 unspecified atom stereocenters. The van der Waals surface area contributed by atoms with Crippen molar-refractivity contribution in [3.05, 3.63) is 69.7 Å². The van der Waals surface area contributed by atoms with Crippen molar-refractivity contribution in [2.45, 2.75) is 57.2 Å². The van der Waals surface area contributed by atoms with E-state index in [1.807, 2.05) is 60.4 Å². The third-order valence-corrected chi connectivity index (χ3v) is 7.78. The number of hydrogen-bond acceptors (Lipinski definition) is 4. The lowest BCUT2D eigenvalue weighted by Crippen LogP contribution is -2.61. The molecule has 6 nitrogen and oxygen atoms in total. The summed E-state index contributed by atoms with van der Waals surface area (Å²) in [6, 6.07) is 14.7. The summed E-state index contributed by atoms with van der Waals surface area (Å²) in [4.78, 5) is 28.1. The van der Waals surface area contributed by atoms with Crippen molar-refractivity contribution in [1.29, 1.82) is 0 Å². The van der Waals surface area contributed by atoms with Gasteiger partial charge in [-0.1, -0.05) is 61.3 Å². The number of nitrogens with one attached hydrogen (secondary N) is 1. The maximum absolute atomic E-state index is 14.3. The SMILES string of the molecule is CC[C@@H]([C@H]1CNCCO1)N1C(=O)[C@@](C)(CC(=O)O)C[C@H](c2cccc(Cl)c2)[C@H]1c1ccc(Cl)cc1. The first-order chi connectivity index (χ1) is 16.7. The minimum atomic E-state index is -1.07. The summed E-state index contributed by atoms with van der Waals surface area (Å²) in [7, 11) is 0. The van der Waals surface area contributed by atoms with E-state index in [0.29, 0.717) is 36.0 Å². The zero-order valence-corrected chi connectivity index (χ0v) is 21.6. The summed E-state index contributed by atoms with van der Waals surface area (Å²) in [6.45, 7) is 5.79. The topological polar surface area (TPSA) is 78.9 Å². The zero-order chi connectivity index (χ0) is 25.2. The smallest absolute Gasteiger partial charge is 0.304 e. The minimum Gasteiger partial charge on any atom is -0.481 e. The van der Waals surface area contributed by atoms with Crippen LogP contribution >= 0.6 is 23.2 Å². The molecule has 0 radical (unpaired) electrons. The van der Waals surface area contributed by atoms with Crippen molar-refractivity contribution in [2.24, 2.45) is 5.41 Å². The number of carboxylic acids is 1. The Kier molecular flexibility index (Phi) is 8.06. The fourth-order valence-corrected chi connectivity index (χ4v) is 6.04. The van der Waals surface area contributed by atoms with Gasteiger partial charge < -0.3 is 20.1 Å². The zero-order valence-electron chi connectivity index (χ0n) is 20.0. The number of nitrogens with zero attached hydrogens (tertiary/aromatic N) is 1. The van der Waals surface area contributed by atoms with E-state index in [0.717, 1.165) is 17.7 Å². The van der Waals surface area contributed by atoms with E-state index in [1.54, 1.807) is 6.92 Å². The maximum atomic E-state index is 14.3. The van der Waals surface area contributed by atoms with Gasteiger partial charge in [-0.25, -0.2) is 0 Å². The quantitative estimate of drug-likeness (QED) is 0.519. The molecule has 2 aliphatic rings. The Morgan fingerprint density at radius 2 is 1.94 bits per heavy atom. The average Bonchev–Trinajstić information content (AvgIpc) is 2.83. The summed E-state index contributed by atoms with van der Waals surface area (Å²) >= 11 is 12.6. The van der Waals surface area contributed by atoms with Crippen LogP contribution in [0.5, 0.6) is 0 Å². The number of hydrogen-bond donors (Lipinski definition) is 2. The molecule has 2 aromatic carbocycles. The number of carboxylic acid groups (broad SMARTS) is 1. The number of halogens is 2. The third kappa shape index (κ3) is 5.51. The maximum Gasteiger partial charge on any atom is 0.304 e. The normalized spacial score (nSPS) is 28.1. The second-order valence-corrected chi connectivity index (χ2v) is 10.7. The van der Waals surface area contributed by atoms with Crippen molar-refractivity contribution in [3.63, 3.8) is 0 Å². The largest absolute Gasteiger partial charge is 0.481 e. The fourth-order valence-electron chi connectivity index (χ4n) is 5.72. The lowest BCUT2D eigenvalue weighted by Gasteiger charge is -2.53. The monoisotopic (exact) mass is 518 g/mol. The highest BCUT2D eigenvalue weighted by Crippen LogP contribution is 2.52. The Bertz CT molecular complexity index is 1060. The number of piperidine rings is 1. The van der Waals surface area contributed by atoms with Gasteiger partial charge >= 0.3 is 5.97 Å². The Labute approximate surface area is 216 Å². The number of carbonyl (C=O) groups excluding carboxylic acids is 1. The molecule has 188 valence electrons. The van der Waals surface area contributed by atoms with E-state index < -0.39 is 11.4 Å². The molecule has 35 heavy (non-hydrogen) atoms. The number of amides is 1. The highest BCUT2D eigenvalue weighted by atomic mass is 35.5. The van der Waals surface area contributed by atoms with Crippen molar-refractivity contribution in [3.8, 4) is 0 Å². The molecule has 0 aromatic heterocycles. The molecule has 0 bridgehead atoms. The van der Waals surface area contributed by atoms with Crippen LogP contribution < -0.4 is 5.32 Å². The van der Waals surface area contributed by atoms with Crippen LogP contribution in [0.1, 0.15) is 56.2 Å². The van der Waals surface area contributed by atoms with E-state index in [9.17, 15) is 14.7 Å². The predicted molar refractivity (Wildman–Crippen MR) is 137 cm³/mol. The summed E-state index contributed by atoms with van der Waals surface area (Å²) < 4.78 is 6.13. The molecular weight excluding hydrogens is 487 g/mol. The summed E-state index contributed by atoms with van der Waals surface area (Å²) in [6.07, 6.45) is 0.628. The number of benzene rings is 2. The number of carbonyl (C=O) groups is 2. The Balaban J connectivity index is 1.89. The van der Waals surface area contributed by atoms with Gasteiger partial charge in [-0.3, -0.25) is 9.59 Å². The van der Waals surface area contributed by atoms with Gasteiger partial charge in [0.25, 0.3) is 0 Å². The summed E-state index contributed by atoms with van der Waals surface area (Å²) in [5, 5.41) is 14.3. The summed E-state index contributed by atoms with van der Waals surface area (Å²) in [5.41, 5.74) is 0.855.